The molecule has 0 aromatic rings. The number of rotatable bonds is 4. The van der Waals surface area contributed by atoms with Gasteiger partial charge in [-0.05, 0) is 0 Å². The number of carbonyl (C=O) groups excluding carboxylic acids is 1. The van der Waals surface area contributed by atoms with Gasteiger partial charge in [0.05, 0.1) is 19.3 Å². The monoisotopic (exact) mass is 288 g/mol. The minimum Gasteiger partial charge on any atom is -0.480 e. The number of carboxylic acids is 1. The predicted molar refractivity (Wildman–Crippen MR) is 67.3 cm³/mol. The highest BCUT2D eigenvalue weighted by molar-refractivity contribution is 5.83. The highest BCUT2D eigenvalue weighted by atomic mass is 16.5. The third-order valence-corrected chi connectivity index (χ3v) is 3.89. The minimum atomic E-state index is -1.11. The van der Waals surface area contributed by atoms with E-state index in [4.69, 9.17) is 14.6 Å². The first-order chi connectivity index (χ1) is 9.47. The first-order valence-electron chi connectivity index (χ1n) is 6.56. The van der Waals surface area contributed by atoms with Crippen molar-refractivity contribution >= 4 is 12.0 Å². The Bertz CT molecular complexity index is 382. The molecule has 3 N–H and O–H groups in total. The summed E-state index contributed by atoms with van der Waals surface area (Å²) in [4.78, 5) is 24.3. The number of β-amino-alcohol motifs (C(OH)–C–C–N with tert-alkyl or cyclic N) is 1. The second-order valence-electron chi connectivity index (χ2n) is 5.24. The molecule has 0 spiro atoms. The lowest BCUT2D eigenvalue weighted by atomic mass is 10.0. The summed E-state index contributed by atoms with van der Waals surface area (Å²) in [5.74, 6) is -1.11. The number of hydrogen-bond donors (Lipinski definition) is 3. The summed E-state index contributed by atoms with van der Waals surface area (Å²) in [5, 5.41) is 21.2. The van der Waals surface area contributed by atoms with Crippen LogP contribution in [0.4, 0.5) is 4.79 Å². The first kappa shape index (κ1) is 15.0. The fourth-order valence-electron chi connectivity index (χ4n) is 2.57. The van der Waals surface area contributed by atoms with Crippen LogP contribution in [0.25, 0.3) is 0 Å². The van der Waals surface area contributed by atoms with E-state index in [1.165, 1.54) is 0 Å². The van der Waals surface area contributed by atoms with Crippen molar-refractivity contribution in [3.8, 4) is 0 Å². The van der Waals surface area contributed by atoms with Crippen molar-refractivity contribution in [1.82, 2.24) is 10.2 Å². The molecule has 0 saturated carbocycles. The number of urea groups is 1. The molecule has 20 heavy (non-hydrogen) atoms. The lowest BCUT2D eigenvalue weighted by Gasteiger charge is -2.28. The number of ether oxygens (including phenoxy) is 2. The summed E-state index contributed by atoms with van der Waals surface area (Å²) >= 11 is 0. The van der Waals surface area contributed by atoms with E-state index in [0.717, 1.165) is 4.90 Å². The molecule has 2 amide bonds. The van der Waals surface area contributed by atoms with Crippen molar-refractivity contribution in [1.29, 1.82) is 0 Å². The van der Waals surface area contributed by atoms with Gasteiger partial charge in [-0.1, -0.05) is 0 Å². The number of nitrogens with one attached hydrogen (secondary N) is 1. The van der Waals surface area contributed by atoms with Gasteiger partial charge in [0.1, 0.15) is 11.6 Å². The van der Waals surface area contributed by atoms with Crippen molar-refractivity contribution < 1.29 is 29.3 Å². The average Bonchev–Trinajstić information content (AvgIpc) is 3.03. The highest BCUT2D eigenvalue weighted by Gasteiger charge is 2.40. The minimum absolute atomic E-state index is 0.0271. The molecule has 2 aliphatic heterocycles. The molecular formula is C12H20N2O6. The fraction of sp³-hybridized carbons (Fsp3) is 0.833. The van der Waals surface area contributed by atoms with E-state index in [9.17, 15) is 14.7 Å². The number of hydrogen-bond acceptors (Lipinski definition) is 5. The number of carboxylic acid groups (broad SMARTS) is 1. The quantitative estimate of drug-likeness (QED) is 0.613. The van der Waals surface area contributed by atoms with Gasteiger partial charge in [-0.15, -0.1) is 0 Å². The van der Waals surface area contributed by atoms with Crippen LogP contribution in [-0.4, -0.2) is 78.3 Å². The van der Waals surface area contributed by atoms with Crippen molar-refractivity contribution in [3.05, 3.63) is 0 Å². The van der Waals surface area contributed by atoms with Gasteiger partial charge < -0.3 is 29.9 Å². The summed E-state index contributed by atoms with van der Waals surface area (Å²) in [7, 11) is 1.56. The molecule has 2 rings (SSSR count). The number of aliphatic carboxylic acids is 1. The molecule has 8 heteroatoms. The number of methoxy groups -OCH3 is 1. The number of aliphatic hydroxyl groups is 1. The van der Waals surface area contributed by atoms with Crippen LogP contribution in [0.1, 0.15) is 12.8 Å². The number of carbonyl (C=O) groups is 2. The van der Waals surface area contributed by atoms with Gasteiger partial charge in [-0.3, -0.25) is 0 Å². The molecule has 0 aromatic heterocycles. The van der Waals surface area contributed by atoms with E-state index in [-0.39, 0.29) is 19.5 Å². The van der Waals surface area contributed by atoms with Gasteiger partial charge in [0, 0.05) is 33.1 Å². The molecule has 0 radical (unpaired) electrons. The number of aliphatic hydroxyl groups excluding tert-OH is 1. The summed E-state index contributed by atoms with van der Waals surface area (Å²) in [6.07, 6.45) is -0.0659. The largest absolute Gasteiger partial charge is 0.480 e. The predicted octanol–water partition coefficient (Wildman–Crippen LogP) is -0.979. The van der Waals surface area contributed by atoms with Crippen molar-refractivity contribution in [3.63, 3.8) is 0 Å². The van der Waals surface area contributed by atoms with Crippen LogP contribution in [0, 0.1) is 0 Å². The van der Waals surface area contributed by atoms with E-state index in [1.807, 2.05) is 0 Å². The Morgan fingerprint density at radius 3 is 2.85 bits per heavy atom. The molecule has 3 atom stereocenters. The maximum Gasteiger partial charge on any atom is 0.326 e. The van der Waals surface area contributed by atoms with E-state index in [0.29, 0.717) is 19.6 Å². The van der Waals surface area contributed by atoms with E-state index >= 15 is 0 Å². The second kappa shape index (κ2) is 5.94. The summed E-state index contributed by atoms with van der Waals surface area (Å²) in [6, 6.07) is -1.49. The van der Waals surface area contributed by atoms with Gasteiger partial charge in [0.2, 0.25) is 0 Å². The Morgan fingerprint density at radius 2 is 2.30 bits per heavy atom. The Morgan fingerprint density at radius 1 is 1.55 bits per heavy atom. The summed E-state index contributed by atoms with van der Waals surface area (Å²) in [5.41, 5.74) is -0.549. The van der Waals surface area contributed by atoms with Crippen molar-refractivity contribution in [2.24, 2.45) is 0 Å². The lowest BCUT2D eigenvalue weighted by Crippen LogP contribution is -2.51. The second-order valence-corrected chi connectivity index (χ2v) is 5.24. The van der Waals surface area contributed by atoms with Gasteiger partial charge in [0.25, 0.3) is 0 Å². The Kier molecular flexibility index (Phi) is 4.46. The fourth-order valence-corrected chi connectivity index (χ4v) is 2.57. The molecule has 3 unspecified atom stereocenters. The molecule has 8 nitrogen and oxygen atoms in total. The van der Waals surface area contributed by atoms with Crippen LogP contribution in [0.15, 0.2) is 0 Å². The van der Waals surface area contributed by atoms with Gasteiger partial charge >= 0.3 is 12.0 Å². The van der Waals surface area contributed by atoms with Gasteiger partial charge in [0.15, 0.2) is 0 Å². The molecule has 0 aromatic carbocycles. The normalized spacial score (nSPS) is 33.4. The third kappa shape index (κ3) is 3.02. The van der Waals surface area contributed by atoms with Crippen LogP contribution in [0.5, 0.6) is 0 Å². The highest BCUT2D eigenvalue weighted by Crippen LogP contribution is 2.22. The number of nitrogens with zero attached hydrogens (tertiary/aromatic N) is 1. The summed E-state index contributed by atoms with van der Waals surface area (Å²) in [6.45, 7) is 1.25. The molecule has 0 bridgehead atoms. The molecule has 114 valence electrons. The van der Waals surface area contributed by atoms with Crippen LogP contribution >= 0.6 is 0 Å². The molecule has 0 aliphatic carbocycles. The Labute approximate surface area is 116 Å². The SMILES string of the molecule is COC1(CNC(=O)N2CC(O)CC2C(=O)O)CCOC1. The summed E-state index contributed by atoms with van der Waals surface area (Å²) < 4.78 is 10.6. The number of likely N-dealkylation sites (tertiary alicyclic amines) is 1. The average molecular weight is 288 g/mol. The van der Waals surface area contributed by atoms with E-state index in [1.54, 1.807) is 7.11 Å². The standard InChI is InChI=1S/C12H20N2O6/c1-19-12(2-3-20-7-12)6-13-11(18)14-5-8(15)4-9(14)10(16)17/h8-9,15H,2-7H2,1H3,(H,13,18)(H,16,17). The maximum atomic E-state index is 12.1. The molecule has 2 saturated heterocycles. The zero-order valence-electron chi connectivity index (χ0n) is 11.4. The molecule has 2 fully saturated rings. The Hall–Kier alpha value is -1.38. The topological polar surface area (TPSA) is 108 Å². The third-order valence-electron chi connectivity index (χ3n) is 3.89. The van der Waals surface area contributed by atoms with Crippen LogP contribution in [0.3, 0.4) is 0 Å². The zero-order chi connectivity index (χ0) is 14.8. The zero-order valence-corrected chi connectivity index (χ0v) is 11.4. The molecular weight excluding hydrogens is 268 g/mol. The smallest absolute Gasteiger partial charge is 0.326 e. The first-order valence-corrected chi connectivity index (χ1v) is 6.56. The molecule has 2 aliphatic rings. The van der Waals surface area contributed by atoms with E-state index < -0.39 is 29.7 Å². The van der Waals surface area contributed by atoms with E-state index in [2.05, 4.69) is 5.32 Å². The van der Waals surface area contributed by atoms with Gasteiger partial charge in [-0.25, -0.2) is 9.59 Å². The maximum absolute atomic E-state index is 12.1. The lowest BCUT2D eigenvalue weighted by molar-refractivity contribution is -0.141. The molecule has 2 heterocycles. The van der Waals surface area contributed by atoms with Crippen molar-refractivity contribution in [2.45, 2.75) is 30.6 Å². The Balaban J connectivity index is 1.92. The van der Waals surface area contributed by atoms with Crippen molar-refractivity contribution in [2.75, 3.05) is 33.4 Å². The number of amides is 2. The van der Waals surface area contributed by atoms with Crippen LogP contribution < -0.4 is 5.32 Å². The van der Waals surface area contributed by atoms with Crippen LogP contribution in [-0.2, 0) is 14.3 Å². The van der Waals surface area contributed by atoms with Gasteiger partial charge in [-0.2, -0.15) is 0 Å². The van der Waals surface area contributed by atoms with Crippen LogP contribution in [0.2, 0.25) is 0 Å².